The van der Waals surface area contributed by atoms with Gasteiger partial charge in [0.15, 0.2) is 0 Å². The highest BCUT2D eigenvalue weighted by atomic mass is 32.1. The SMILES string of the molecule is CCC1CN(Cc2sccc2C#CCO)CCO1. The van der Waals surface area contributed by atoms with Crippen molar-refractivity contribution < 1.29 is 9.84 Å². The van der Waals surface area contributed by atoms with Gasteiger partial charge in [0.25, 0.3) is 0 Å². The van der Waals surface area contributed by atoms with Gasteiger partial charge in [-0.2, -0.15) is 0 Å². The number of aliphatic hydroxyl groups excluding tert-OH is 1. The molecule has 0 radical (unpaired) electrons. The number of thiophene rings is 1. The third-order valence-corrected chi connectivity index (χ3v) is 4.00. The van der Waals surface area contributed by atoms with Gasteiger partial charge in [-0.3, -0.25) is 4.90 Å². The van der Waals surface area contributed by atoms with Gasteiger partial charge in [0, 0.05) is 30.1 Å². The van der Waals surface area contributed by atoms with Gasteiger partial charge < -0.3 is 9.84 Å². The molecule has 1 fully saturated rings. The second-order valence-corrected chi connectivity index (χ2v) is 5.35. The van der Waals surface area contributed by atoms with E-state index in [1.807, 2.05) is 6.07 Å². The second kappa shape index (κ2) is 6.91. The monoisotopic (exact) mass is 265 g/mol. The van der Waals surface area contributed by atoms with Crippen LogP contribution < -0.4 is 0 Å². The Kier molecular flexibility index (Phi) is 5.21. The number of aliphatic hydroxyl groups is 1. The maximum absolute atomic E-state index is 8.75. The Bertz CT molecular complexity index is 432. The molecule has 98 valence electrons. The van der Waals surface area contributed by atoms with Crippen LogP contribution in [0.2, 0.25) is 0 Å². The first-order chi connectivity index (χ1) is 8.83. The van der Waals surface area contributed by atoms with E-state index in [2.05, 4.69) is 29.0 Å². The van der Waals surface area contributed by atoms with Gasteiger partial charge in [-0.1, -0.05) is 18.8 Å². The lowest BCUT2D eigenvalue weighted by Gasteiger charge is -2.32. The number of hydrogen-bond donors (Lipinski definition) is 1. The van der Waals surface area contributed by atoms with Crippen molar-refractivity contribution in [2.24, 2.45) is 0 Å². The fourth-order valence-corrected chi connectivity index (χ4v) is 2.95. The molecule has 1 aromatic heterocycles. The highest BCUT2D eigenvalue weighted by Gasteiger charge is 2.19. The van der Waals surface area contributed by atoms with Crippen LogP contribution in [0.15, 0.2) is 11.4 Å². The van der Waals surface area contributed by atoms with Crippen molar-refractivity contribution in [1.29, 1.82) is 0 Å². The Hall–Kier alpha value is -0.860. The van der Waals surface area contributed by atoms with Crippen LogP contribution in [0.25, 0.3) is 0 Å². The molecule has 1 aliphatic rings. The van der Waals surface area contributed by atoms with Crippen molar-refractivity contribution in [3.8, 4) is 11.8 Å². The normalized spacial score (nSPS) is 20.4. The van der Waals surface area contributed by atoms with E-state index in [1.165, 1.54) is 4.88 Å². The van der Waals surface area contributed by atoms with Crippen LogP contribution in [-0.2, 0) is 11.3 Å². The minimum absolute atomic E-state index is 0.0786. The van der Waals surface area contributed by atoms with E-state index < -0.39 is 0 Å². The van der Waals surface area contributed by atoms with Crippen LogP contribution in [0.4, 0.5) is 0 Å². The molecule has 2 heterocycles. The summed E-state index contributed by atoms with van der Waals surface area (Å²) in [5.41, 5.74) is 1.05. The maximum atomic E-state index is 8.75. The van der Waals surface area contributed by atoms with E-state index in [1.54, 1.807) is 11.3 Å². The second-order valence-electron chi connectivity index (χ2n) is 4.35. The summed E-state index contributed by atoms with van der Waals surface area (Å²) in [6.07, 6.45) is 1.43. The zero-order valence-corrected chi connectivity index (χ0v) is 11.5. The molecule has 1 aliphatic heterocycles. The molecular weight excluding hydrogens is 246 g/mol. The van der Waals surface area contributed by atoms with Crippen molar-refractivity contribution in [2.45, 2.75) is 26.0 Å². The van der Waals surface area contributed by atoms with Gasteiger partial charge >= 0.3 is 0 Å². The van der Waals surface area contributed by atoms with Crippen LogP contribution in [0, 0.1) is 11.8 Å². The largest absolute Gasteiger partial charge is 0.384 e. The number of morpholine rings is 1. The van der Waals surface area contributed by atoms with Crippen LogP contribution in [0.1, 0.15) is 23.8 Å². The summed E-state index contributed by atoms with van der Waals surface area (Å²) in [6.45, 7) is 5.83. The quantitative estimate of drug-likeness (QED) is 0.844. The Balaban J connectivity index is 1.98. The van der Waals surface area contributed by atoms with Crippen molar-refractivity contribution in [2.75, 3.05) is 26.3 Å². The smallest absolute Gasteiger partial charge is 0.104 e. The molecular formula is C14H19NO2S. The summed E-state index contributed by atoms with van der Waals surface area (Å²) in [4.78, 5) is 3.71. The molecule has 0 aromatic carbocycles. The third kappa shape index (κ3) is 3.56. The highest BCUT2D eigenvalue weighted by molar-refractivity contribution is 7.10. The summed E-state index contributed by atoms with van der Waals surface area (Å²) in [5, 5.41) is 10.8. The van der Waals surface area contributed by atoms with Crippen molar-refractivity contribution in [3.63, 3.8) is 0 Å². The predicted molar refractivity (Wildman–Crippen MR) is 73.6 cm³/mol. The minimum atomic E-state index is -0.0786. The molecule has 2 rings (SSSR count). The zero-order chi connectivity index (χ0) is 12.8. The Labute approximate surface area is 112 Å². The van der Waals surface area contributed by atoms with Crippen molar-refractivity contribution in [1.82, 2.24) is 4.90 Å². The maximum Gasteiger partial charge on any atom is 0.104 e. The van der Waals surface area contributed by atoms with E-state index in [4.69, 9.17) is 9.84 Å². The summed E-state index contributed by atoms with van der Waals surface area (Å²) in [6, 6.07) is 2.03. The average molecular weight is 265 g/mol. The van der Waals surface area contributed by atoms with E-state index in [0.29, 0.717) is 6.10 Å². The van der Waals surface area contributed by atoms with Crippen LogP contribution >= 0.6 is 11.3 Å². The molecule has 0 aliphatic carbocycles. The molecule has 1 N–H and O–H groups in total. The van der Waals surface area contributed by atoms with E-state index in [9.17, 15) is 0 Å². The molecule has 0 bridgehead atoms. The predicted octanol–water partition coefficient (Wildman–Crippen LogP) is 1.70. The van der Waals surface area contributed by atoms with Gasteiger partial charge in [-0.25, -0.2) is 0 Å². The zero-order valence-electron chi connectivity index (χ0n) is 10.7. The van der Waals surface area contributed by atoms with Gasteiger partial charge in [0.05, 0.1) is 12.7 Å². The first-order valence-corrected chi connectivity index (χ1v) is 7.21. The lowest BCUT2D eigenvalue weighted by atomic mass is 10.2. The molecule has 18 heavy (non-hydrogen) atoms. The summed E-state index contributed by atoms with van der Waals surface area (Å²) in [5.74, 6) is 5.73. The Morgan fingerprint density at radius 2 is 2.50 bits per heavy atom. The van der Waals surface area contributed by atoms with Crippen LogP contribution in [-0.4, -0.2) is 42.4 Å². The van der Waals surface area contributed by atoms with Crippen LogP contribution in [0.3, 0.4) is 0 Å². The molecule has 1 aromatic rings. The Morgan fingerprint density at radius 1 is 1.61 bits per heavy atom. The molecule has 0 amide bonds. The Morgan fingerprint density at radius 3 is 3.28 bits per heavy atom. The lowest BCUT2D eigenvalue weighted by molar-refractivity contribution is -0.0321. The highest BCUT2D eigenvalue weighted by Crippen LogP contribution is 2.20. The first-order valence-electron chi connectivity index (χ1n) is 6.33. The summed E-state index contributed by atoms with van der Waals surface area (Å²) >= 11 is 1.74. The number of nitrogens with zero attached hydrogens (tertiary/aromatic N) is 1. The fourth-order valence-electron chi connectivity index (χ4n) is 2.08. The molecule has 3 nitrogen and oxygen atoms in total. The van der Waals surface area contributed by atoms with E-state index in [0.717, 1.165) is 38.2 Å². The van der Waals surface area contributed by atoms with E-state index in [-0.39, 0.29) is 6.61 Å². The van der Waals surface area contributed by atoms with Crippen molar-refractivity contribution >= 4 is 11.3 Å². The van der Waals surface area contributed by atoms with Crippen molar-refractivity contribution in [3.05, 3.63) is 21.9 Å². The third-order valence-electron chi connectivity index (χ3n) is 3.09. The lowest BCUT2D eigenvalue weighted by Crippen LogP contribution is -2.41. The topological polar surface area (TPSA) is 32.7 Å². The van der Waals surface area contributed by atoms with Gasteiger partial charge in [0.1, 0.15) is 6.61 Å². The molecule has 4 heteroatoms. The van der Waals surface area contributed by atoms with Gasteiger partial charge in [-0.05, 0) is 17.9 Å². The molecule has 0 spiro atoms. The van der Waals surface area contributed by atoms with Crippen LogP contribution in [0.5, 0.6) is 0 Å². The fraction of sp³-hybridized carbons (Fsp3) is 0.571. The number of ether oxygens (including phenoxy) is 1. The number of hydrogen-bond acceptors (Lipinski definition) is 4. The van der Waals surface area contributed by atoms with Gasteiger partial charge in [0.2, 0.25) is 0 Å². The molecule has 0 saturated carbocycles. The van der Waals surface area contributed by atoms with E-state index >= 15 is 0 Å². The number of rotatable bonds is 3. The van der Waals surface area contributed by atoms with Gasteiger partial charge in [-0.15, -0.1) is 11.3 Å². The minimum Gasteiger partial charge on any atom is -0.384 e. The average Bonchev–Trinajstić information content (AvgIpc) is 2.84. The molecule has 1 unspecified atom stereocenters. The summed E-state index contributed by atoms with van der Waals surface area (Å²) < 4.78 is 5.67. The molecule has 1 saturated heterocycles. The summed E-state index contributed by atoms with van der Waals surface area (Å²) in [7, 11) is 0. The first kappa shape index (κ1) is 13.6. The molecule has 1 atom stereocenters. The standard InChI is InChI=1S/C14H19NO2S/c1-2-13-10-15(6-8-17-13)11-14-12(4-3-7-16)5-9-18-14/h5,9,13,16H,2,6-8,10-11H2,1H3.